The van der Waals surface area contributed by atoms with Gasteiger partial charge < -0.3 is 15.7 Å². The van der Waals surface area contributed by atoms with Crippen molar-refractivity contribution < 1.29 is 14.7 Å². The Bertz CT molecular complexity index is 489. The summed E-state index contributed by atoms with van der Waals surface area (Å²) >= 11 is 1.55. The summed E-state index contributed by atoms with van der Waals surface area (Å²) in [7, 11) is 0. The van der Waals surface area contributed by atoms with E-state index < -0.39 is 5.97 Å². The smallest absolute Gasteiger partial charge is 0.315 e. The van der Waals surface area contributed by atoms with Gasteiger partial charge in [-0.05, 0) is 26.2 Å². The quantitative estimate of drug-likeness (QED) is 0.791. The summed E-state index contributed by atoms with van der Waals surface area (Å²) < 4.78 is 0. The zero-order valence-corrected chi connectivity index (χ0v) is 12.2. The Labute approximate surface area is 121 Å². The van der Waals surface area contributed by atoms with E-state index in [1.54, 1.807) is 17.5 Å². The number of carbonyl (C=O) groups is 2. The molecule has 2 unspecified atom stereocenters. The summed E-state index contributed by atoms with van der Waals surface area (Å²) in [6.07, 6.45) is 4.67. The molecule has 1 heterocycles. The molecule has 7 heteroatoms. The topological polar surface area (TPSA) is 91.3 Å². The summed E-state index contributed by atoms with van der Waals surface area (Å²) in [4.78, 5) is 28.0. The molecule has 0 saturated heterocycles. The van der Waals surface area contributed by atoms with Gasteiger partial charge in [0.1, 0.15) is 5.01 Å². The summed E-state index contributed by atoms with van der Waals surface area (Å²) in [5.74, 6) is -1.11. The van der Waals surface area contributed by atoms with Crippen LogP contribution in [-0.4, -0.2) is 28.1 Å². The average Bonchev–Trinajstić information content (AvgIpc) is 2.82. The molecule has 0 radical (unpaired) electrons. The molecule has 2 rings (SSSR count). The predicted molar refractivity (Wildman–Crippen MR) is 75.6 cm³/mol. The third kappa shape index (κ3) is 4.19. The highest BCUT2D eigenvalue weighted by Gasteiger charge is 2.27. The minimum atomic E-state index is -0.768. The van der Waals surface area contributed by atoms with Crippen LogP contribution in [0.15, 0.2) is 6.20 Å². The van der Waals surface area contributed by atoms with Crippen molar-refractivity contribution in [3.8, 4) is 0 Å². The van der Waals surface area contributed by atoms with Crippen LogP contribution < -0.4 is 10.6 Å². The average molecular weight is 297 g/mol. The van der Waals surface area contributed by atoms with Crippen molar-refractivity contribution in [1.29, 1.82) is 0 Å². The summed E-state index contributed by atoms with van der Waals surface area (Å²) in [6.45, 7) is 2.37. The van der Waals surface area contributed by atoms with Crippen molar-refractivity contribution in [1.82, 2.24) is 15.6 Å². The lowest BCUT2D eigenvalue weighted by molar-refractivity contribution is -0.143. The van der Waals surface area contributed by atoms with Crippen LogP contribution >= 0.6 is 11.3 Å². The van der Waals surface area contributed by atoms with Crippen LogP contribution in [0.5, 0.6) is 0 Å². The Kier molecular flexibility index (Phi) is 4.94. The second-order valence-corrected chi connectivity index (χ2v) is 6.41. The van der Waals surface area contributed by atoms with E-state index in [1.807, 2.05) is 6.92 Å². The fraction of sp³-hybridized carbons (Fsp3) is 0.615. The number of carboxylic acids is 1. The normalized spacial score (nSPS) is 22.2. The van der Waals surface area contributed by atoms with Crippen molar-refractivity contribution in [2.45, 2.75) is 45.2 Å². The van der Waals surface area contributed by atoms with E-state index in [1.165, 1.54) is 0 Å². The van der Waals surface area contributed by atoms with Crippen molar-refractivity contribution in [3.63, 3.8) is 0 Å². The van der Waals surface area contributed by atoms with E-state index >= 15 is 0 Å². The zero-order valence-electron chi connectivity index (χ0n) is 11.4. The first-order valence-electron chi connectivity index (χ1n) is 6.73. The number of carbonyl (C=O) groups excluding carboxylic acids is 1. The molecule has 3 N–H and O–H groups in total. The maximum atomic E-state index is 11.8. The second-order valence-electron chi connectivity index (χ2n) is 5.09. The number of carboxylic acid groups (broad SMARTS) is 1. The van der Waals surface area contributed by atoms with Gasteiger partial charge in [-0.15, -0.1) is 11.3 Å². The van der Waals surface area contributed by atoms with E-state index in [-0.39, 0.29) is 18.0 Å². The summed E-state index contributed by atoms with van der Waals surface area (Å²) in [5.41, 5.74) is 0. The molecule has 0 aromatic carbocycles. The number of aliphatic carboxylic acids is 1. The van der Waals surface area contributed by atoms with Crippen molar-refractivity contribution >= 4 is 23.3 Å². The molecule has 2 atom stereocenters. The zero-order chi connectivity index (χ0) is 14.5. The fourth-order valence-electron chi connectivity index (χ4n) is 2.42. The number of rotatable bonds is 4. The van der Waals surface area contributed by atoms with Gasteiger partial charge in [0.25, 0.3) is 0 Å². The molecular formula is C13H19N3O3S. The second kappa shape index (κ2) is 6.69. The van der Waals surface area contributed by atoms with E-state index in [0.717, 1.165) is 22.7 Å². The monoisotopic (exact) mass is 297 g/mol. The molecular weight excluding hydrogens is 278 g/mol. The van der Waals surface area contributed by atoms with Gasteiger partial charge in [-0.1, -0.05) is 6.42 Å². The van der Waals surface area contributed by atoms with Crippen LogP contribution in [0, 0.1) is 12.8 Å². The Morgan fingerprint density at radius 1 is 1.50 bits per heavy atom. The van der Waals surface area contributed by atoms with E-state index in [2.05, 4.69) is 15.6 Å². The first-order chi connectivity index (χ1) is 9.54. The highest BCUT2D eigenvalue weighted by atomic mass is 32.1. The van der Waals surface area contributed by atoms with Gasteiger partial charge in [-0.3, -0.25) is 4.79 Å². The number of hydrogen-bond acceptors (Lipinski definition) is 4. The number of hydrogen-bond donors (Lipinski definition) is 3. The minimum absolute atomic E-state index is 0.0529. The summed E-state index contributed by atoms with van der Waals surface area (Å²) in [6, 6.07) is -0.309. The maximum absolute atomic E-state index is 11.8. The van der Waals surface area contributed by atoms with E-state index in [9.17, 15) is 9.59 Å². The number of aryl methyl sites for hydroxylation is 1. The van der Waals surface area contributed by atoms with Crippen LogP contribution in [0.4, 0.5) is 4.79 Å². The molecule has 1 fully saturated rings. The van der Waals surface area contributed by atoms with Gasteiger partial charge in [0.15, 0.2) is 0 Å². The van der Waals surface area contributed by atoms with Gasteiger partial charge in [-0.2, -0.15) is 0 Å². The molecule has 2 amide bonds. The van der Waals surface area contributed by atoms with Crippen LogP contribution in [0.2, 0.25) is 0 Å². The molecule has 1 aromatic rings. The third-order valence-electron chi connectivity index (χ3n) is 3.43. The van der Waals surface area contributed by atoms with Crippen molar-refractivity contribution in [3.05, 3.63) is 16.1 Å². The molecule has 1 aliphatic carbocycles. The van der Waals surface area contributed by atoms with Gasteiger partial charge >= 0.3 is 12.0 Å². The lowest BCUT2D eigenvalue weighted by Crippen LogP contribution is -2.44. The molecule has 20 heavy (non-hydrogen) atoms. The van der Waals surface area contributed by atoms with Gasteiger partial charge in [0.05, 0.1) is 12.5 Å². The molecule has 6 nitrogen and oxygen atoms in total. The van der Waals surface area contributed by atoms with Crippen LogP contribution in [-0.2, 0) is 11.3 Å². The lowest BCUT2D eigenvalue weighted by Gasteiger charge is -2.27. The number of nitrogens with zero attached hydrogens (tertiary/aromatic N) is 1. The lowest BCUT2D eigenvalue weighted by atomic mass is 9.86. The van der Waals surface area contributed by atoms with Gasteiger partial charge in [0.2, 0.25) is 0 Å². The molecule has 0 bridgehead atoms. The van der Waals surface area contributed by atoms with Crippen molar-refractivity contribution in [2.75, 3.05) is 0 Å². The number of thiazole rings is 1. The maximum Gasteiger partial charge on any atom is 0.315 e. The van der Waals surface area contributed by atoms with Gasteiger partial charge in [-0.25, -0.2) is 9.78 Å². The molecule has 1 saturated carbocycles. The predicted octanol–water partition coefficient (Wildman–Crippen LogP) is 1.89. The first kappa shape index (κ1) is 14.8. The Balaban J connectivity index is 1.75. The molecule has 1 aliphatic rings. The molecule has 0 aliphatic heterocycles. The Morgan fingerprint density at radius 3 is 2.95 bits per heavy atom. The highest BCUT2D eigenvalue weighted by Crippen LogP contribution is 2.24. The third-order valence-corrected chi connectivity index (χ3v) is 4.34. The van der Waals surface area contributed by atoms with Crippen LogP contribution in [0.25, 0.3) is 0 Å². The van der Waals surface area contributed by atoms with E-state index in [4.69, 9.17) is 5.11 Å². The first-order valence-corrected chi connectivity index (χ1v) is 7.54. The number of nitrogens with one attached hydrogen (secondary N) is 2. The molecule has 1 aromatic heterocycles. The van der Waals surface area contributed by atoms with Crippen LogP contribution in [0.3, 0.4) is 0 Å². The number of amides is 2. The van der Waals surface area contributed by atoms with E-state index in [0.29, 0.717) is 19.4 Å². The fourth-order valence-corrected chi connectivity index (χ4v) is 3.15. The number of aromatic nitrogens is 1. The van der Waals surface area contributed by atoms with Gasteiger partial charge in [0, 0.05) is 17.1 Å². The minimum Gasteiger partial charge on any atom is -0.481 e. The highest BCUT2D eigenvalue weighted by molar-refractivity contribution is 7.11. The van der Waals surface area contributed by atoms with Crippen molar-refractivity contribution in [2.24, 2.45) is 5.92 Å². The molecule has 110 valence electrons. The Morgan fingerprint density at radius 2 is 2.30 bits per heavy atom. The standard InChI is InChI=1S/C13H19N3O3S/c1-8-6-14-11(20-8)7-15-13(19)16-10-4-2-3-9(5-10)12(17)18/h6,9-10H,2-5,7H2,1H3,(H,17,18)(H2,15,16,19). The summed E-state index contributed by atoms with van der Waals surface area (Å²) in [5, 5.41) is 15.5. The number of urea groups is 1. The molecule has 0 spiro atoms. The Hall–Kier alpha value is -1.63. The van der Waals surface area contributed by atoms with Crippen LogP contribution in [0.1, 0.15) is 35.6 Å². The SMILES string of the molecule is Cc1cnc(CNC(=O)NC2CCCC(C(=O)O)C2)s1. The largest absolute Gasteiger partial charge is 0.481 e.